The largest absolute Gasteiger partial charge is 0.369 e. The van der Waals surface area contributed by atoms with Crippen LogP contribution in [0.1, 0.15) is 44.6 Å². The smallest absolute Gasteiger partial charge is 0.220 e. The highest BCUT2D eigenvalue weighted by molar-refractivity contribution is 14.0. The predicted octanol–water partition coefficient (Wildman–Crippen LogP) is 2.74. The zero-order valence-electron chi connectivity index (χ0n) is 18.0. The number of aromatic nitrogens is 1. The number of rotatable bonds is 7. The molecule has 3 rings (SSSR count). The van der Waals surface area contributed by atoms with Gasteiger partial charge in [-0.2, -0.15) is 11.8 Å². The fourth-order valence-corrected chi connectivity index (χ4v) is 4.97. The number of amides is 1. The number of thioether (sulfide) groups is 1. The van der Waals surface area contributed by atoms with Crippen LogP contribution in [0.2, 0.25) is 0 Å². The average Bonchev–Trinajstić information content (AvgIpc) is 3.20. The van der Waals surface area contributed by atoms with Crippen molar-refractivity contribution in [3.05, 3.63) is 23.9 Å². The van der Waals surface area contributed by atoms with Gasteiger partial charge in [0.2, 0.25) is 5.91 Å². The second-order valence-corrected chi connectivity index (χ2v) is 9.00. The first-order valence-electron chi connectivity index (χ1n) is 10.7. The molecule has 2 atom stereocenters. The van der Waals surface area contributed by atoms with Crippen LogP contribution in [0.4, 0.5) is 5.82 Å². The van der Waals surface area contributed by atoms with Gasteiger partial charge in [-0.15, -0.1) is 24.0 Å². The Labute approximate surface area is 201 Å². The summed E-state index contributed by atoms with van der Waals surface area (Å²) in [5.74, 6) is 1.64. The predicted molar refractivity (Wildman–Crippen MR) is 137 cm³/mol. The number of hydrogen-bond acceptors (Lipinski definition) is 5. The maximum Gasteiger partial charge on any atom is 0.220 e. The molecule has 1 aliphatic heterocycles. The topological polar surface area (TPSA) is 95.6 Å². The second-order valence-electron chi connectivity index (χ2n) is 7.86. The number of carbonyl (C=O) groups is 1. The van der Waals surface area contributed by atoms with Crippen molar-refractivity contribution in [3.8, 4) is 0 Å². The first-order chi connectivity index (χ1) is 14.1. The van der Waals surface area contributed by atoms with E-state index in [1.165, 1.54) is 19.3 Å². The molecule has 1 aromatic rings. The molecule has 1 saturated heterocycles. The molecule has 2 heterocycles. The lowest BCUT2D eigenvalue weighted by Crippen LogP contribution is -2.42. The van der Waals surface area contributed by atoms with Crippen LogP contribution in [0, 0.1) is 5.92 Å². The molecular formula is C21H35IN6OS. The lowest BCUT2D eigenvalue weighted by Gasteiger charge is -2.32. The summed E-state index contributed by atoms with van der Waals surface area (Å²) in [4.78, 5) is 23.2. The maximum atomic E-state index is 11.4. The number of hydrogen-bond donors (Lipinski definition) is 3. The van der Waals surface area contributed by atoms with E-state index in [0.717, 1.165) is 55.1 Å². The van der Waals surface area contributed by atoms with Crippen molar-refractivity contribution in [1.29, 1.82) is 0 Å². The molecule has 0 radical (unpaired) electrons. The van der Waals surface area contributed by atoms with Crippen LogP contribution in [0.15, 0.2) is 23.3 Å². The van der Waals surface area contributed by atoms with Crippen molar-refractivity contribution in [1.82, 2.24) is 15.6 Å². The second kappa shape index (κ2) is 12.6. The Morgan fingerprint density at radius 2 is 2.10 bits per heavy atom. The molecule has 9 heteroatoms. The zero-order valence-corrected chi connectivity index (χ0v) is 21.1. The summed E-state index contributed by atoms with van der Waals surface area (Å²) in [5, 5.41) is 7.74. The Morgan fingerprint density at radius 3 is 2.73 bits per heavy atom. The Kier molecular flexibility index (Phi) is 10.5. The summed E-state index contributed by atoms with van der Waals surface area (Å²) >= 11 is 1.96. The van der Waals surface area contributed by atoms with Gasteiger partial charge in [0.15, 0.2) is 5.96 Å². The van der Waals surface area contributed by atoms with E-state index in [2.05, 4.69) is 39.8 Å². The number of carbonyl (C=O) groups excluding carboxylic acids is 1. The molecular weight excluding hydrogens is 511 g/mol. The summed E-state index contributed by atoms with van der Waals surface area (Å²) in [6.45, 7) is 5.11. The van der Waals surface area contributed by atoms with Gasteiger partial charge in [-0.05, 0) is 51.3 Å². The van der Waals surface area contributed by atoms with Crippen molar-refractivity contribution in [3.63, 3.8) is 0 Å². The highest BCUT2D eigenvalue weighted by atomic mass is 127. The molecule has 1 saturated carbocycles. The van der Waals surface area contributed by atoms with E-state index in [1.807, 2.05) is 24.0 Å². The highest BCUT2D eigenvalue weighted by Crippen LogP contribution is 2.28. The maximum absolute atomic E-state index is 11.4. The molecule has 1 aliphatic carbocycles. The number of nitrogens with one attached hydrogen (secondary N) is 2. The van der Waals surface area contributed by atoms with Crippen molar-refractivity contribution in [2.24, 2.45) is 16.6 Å². The Balaban J connectivity index is 0.00000320. The zero-order chi connectivity index (χ0) is 20.6. The molecule has 7 nitrogen and oxygen atoms in total. The van der Waals surface area contributed by atoms with Gasteiger partial charge in [-0.1, -0.05) is 6.07 Å². The summed E-state index contributed by atoms with van der Waals surface area (Å²) in [5.41, 5.74) is 6.58. The van der Waals surface area contributed by atoms with Gasteiger partial charge >= 0.3 is 0 Å². The summed E-state index contributed by atoms with van der Waals surface area (Å²) < 4.78 is 0. The number of piperidine rings is 1. The monoisotopic (exact) mass is 546 g/mol. The molecule has 2 aliphatic rings. The van der Waals surface area contributed by atoms with E-state index in [1.54, 1.807) is 0 Å². The van der Waals surface area contributed by atoms with E-state index >= 15 is 0 Å². The number of pyridine rings is 1. The lowest BCUT2D eigenvalue weighted by atomic mass is 9.96. The fraction of sp³-hybridized carbons (Fsp3) is 0.667. The third-order valence-electron chi connectivity index (χ3n) is 5.87. The molecule has 0 spiro atoms. The van der Waals surface area contributed by atoms with Crippen LogP contribution in [-0.4, -0.2) is 54.0 Å². The Bertz CT molecular complexity index is 710. The standard InChI is InChI=1S/C21H34N6OS.HI/c1-3-23-21(26-17-6-7-18(13-17)29-2)25-14-16-5-4-10-24-20(16)27-11-8-15(9-12-27)19(22)28;/h4-5,10,15,17-18H,3,6-9,11-14H2,1-2H3,(H2,22,28)(H2,23,25,26);1H. The summed E-state index contributed by atoms with van der Waals surface area (Å²) in [6, 6.07) is 4.55. The fourth-order valence-electron chi connectivity index (χ4n) is 4.18. The first kappa shape index (κ1) is 25.0. The van der Waals surface area contributed by atoms with Crippen LogP contribution in [0.3, 0.4) is 0 Å². The van der Waals surface area contributed by atoms with Crippen LogP contribution in [-0.2, 0) is 11.3 Å². The SMILES string of the molecule is CCNC(=NCc1cccnc1N1CCC(C(N)=O)CC1)NC1CCC(SC)C1.I. The molecule has 4 N–H and O–H groups in total. The van der Waals surface area contributed by atoms with Crippen molar-refractivity contribution in [2.45, 2.75) is 56.9 Å². The van der Waals surface area contributed by atoms with Crippen molar-refractivity contribution < 1.29 is 4.79 Å². The van der Waals surface area contributed by atoms with E-state index in [-0.39, 0.29) is 35.8 Å². The van der Waals surface area contributed by atoms with Gasteiger partial charge in [0.1, 0.15) is 5.82 Å². The Hall–Kier alpha value is -1.23. The van der Waals surface area contributed by atoms with Crippen LogP contribution >= 0.6 is 35.7 Å². The minimum Gasteiger partial charge on any atom is -0.369 e. The van der Waals surface area contributed by atoms with Gasteiger partial charge in [0.05, 0.1) is 6.54 Å². The average molecular weight is 547 g/mol. The minimum absolute atomic E-state index is 0. The van der Waals surface area contributed by atoms with E-state index in [9.17, 15) is 4.79 Å². The number of aliphatic imine (C=N–C) groups is 1. The van der Waals surface area contributed by atoms with Gasteiger partial charge < -0.3 is 21.3 Å². The van der Waals surface area contributed by atoms with Crippen LogP contribution < -0.4 is 21.3 Å². The lowest BCUT2D eigenvalue weighted by molar-refractivity contribution is -0.122. The molecule has 2 fully saturated rings. The van der Waals surface area contributed by atoms with Gasteiger partial charge in [-0.25, -0.2) is 9.98 Å². The molecule has 0 aromatic carbocycles. The molecule has 168 valence electrons. The molecule has 0 bridgehead atoms. The van der Waals surface area contributed by atoms with Crippen LogP contribution in [0.25, 0.3) is 0 Å². The summed E-state index contributed by atoms with van der Waals surface area (Å²) in [6.07, 6.45) is 9.26. The summed E-state index contributed by atoms with van der Waals surface area (Å²) in [7, 11) is 0. The molecule has 2 unspecified atom stereocenters. The minimum atomic E-state index is -0.188. The van der Waals surface area contributed by atoms with E-state index < -0.39 is 0 Å². The van der Waals surface area contributed by atoms with Gasteiger partial charge in [0.25, 0.3) is 0 Å². The van der Waals surface area contributed by atoms with Gasteiger partial charge in [-0.3, -0.25) is 4.79 Å². The number of nitrogens with two attached hydrogens (primary N) is 1. The van der Waals surface area contributed by atoms with Crippen molar-refractivity contribution >= 4 is 53.4 Å². The molecule has 30 heavy (non-hydrogen) atoms. The van der Waals surface area contributed by atoms with E-state index in [4.69, 9.17) is 10.7 Å². The molecule has 1 aromatic heterocycles. The Morgan fingerprint density at radius 1 is 1.33 bits per heavy atom. The number of halogens is 1. The number of guanidine groups is 1. The van der Waals surface area contributed by atoms with Gasteiger partial charge in [0, 0.05) is 48.6 Å². The number of anilines is 1. The first-order valence-corrected chi connectivity index (χ1v) is 11.9. The molecule has 1 amide bonds. The quantitative estimate of drug-likeness (QED) is 0.277. The van der Waals surface area contributed by atoms with E-state index in [0.29, 0.717) is 12.6 Å². The number of primary amides is 1. The third-order valence-corrected chi connectivity index (χ3v) is 6.97. The third kappa shape index (κ3) is 6.90. The number of nitrogens with zero attached hydrogens (tertiary/aromatic N) is 3. The van der Waals surface area contributed by atoms with Crippen LogP contribution in [0.5, 0.6) is 0 Å². The normalized spacial score (nSPS) is 22.5. The van der Waals surface area contributed by atoms with Crippen molar-refractivity contribution in [2.75, 3.05) is 30.8 Å². The highest BCUT2D eigenvalue weighted by Gasteiger charge is 2.26.